The molecule has 140 valence electrons. The molecule has 1 heterocycles. The van der Waals surface area contributed by atoms with Crippen LogP contribution in [-0.4, -0.2) is 10.9 Å². The molecule has 27 heavy (non-hydrogen) atoms. The van der Waals surface area contributed by atoms with Crippen molar-refractivity contribution in [1.29, 1.82) is 0 Å². The van der Waals surface area contributed by atoms with Gasteiger partial charge in [-0.15, -0.1) is 11.3 Å². The fraction of sp³-hybridized carbons (Fsp3) is 0.273. The van der Waals surface area contributed by atoms with Crippen LogP contribution in [0.5, 0.6) is 0 Å². The van der Waals surface area contributed by atoms with E-state index in [9.17, 15) is 4.79 Å². The van der Waals surface area contributed by atoms with Crippen molar-refractivity contribution in [2.45, 2.75) is 32.6 Å². The summed E-state index contributed by atoms with van der Waals surface area (Å²) >= 11 is 7.73. The van der Waals surface area contributed by atoms with Crippen LogP contribution in [0, 0.1) is 5.92 Å². The molecule has 0 bridgehead atoms. The van der Waals surface area contributed by atoms with Crippen LogP contribution in [-0.2, 0) is 11.2 Å². The van der Waals surface area contributed by atoms with Gasteiger partial charge in [-0.2, -0.15) is 0 Å². The van der Waals surface area contributed by atoms with Crippen LogP contribution in [0.4, 0.5) is 5.13 Å². The highest BCUT2D eigenvalue weighted by molar-refractivity contribution is 7.15. The van der Waals surface area contributed by atoms with Gasteiger partial charge < -0.3 is 5.32 Å². The van der Waals surface area contributed by atoms with Gasteiger partial charge in [-0.25, -0.2) is 4.98 Å². The zero-order valence-corrected chi connectivity index (χ0v) is 17.1. The zero-order chi connectivity index (χ0) is 19.2. The third kappa shape index (κ3) is 4.96. The molecule has 2 atom stereocenters. The first-order chi connectivity index (χ1) is 13.1. The van der Waals surface area contributed by atoms with Gasteiger partial charge in [-0.05, 0) is 23.1 Å². The predicted octanol–water partition coefficient (Wildman–Crippen LogP) is 6.16. The number of aromatic nitrogens is 1. The van der Waals surface area contributed by atoms with Crippen molar-refractivity contribution in [3.63, 3.8) is 0 Å². The number of benzene rings is 2. The van der Waals surface area contributed by atoms with Crippen LogP contribution in [0.15, 0.2) is 60.8 Å². The summed E-state index contributed by atoms with van der Waals surface area (Å²) in [5, 5.41) is 4.39. The Labute approximate surface area is 169 Å². The average Bonchev–Trinajstić information content (AvgIpc) is 3.11. The first-order valence-electron chi connectivity index (χ1n) is 9.12. The number of hydrogen-bond acceptors (Lipinski definition) is 3. The van der Waals surface area contributed by atoms with Crippen molar-refractivity contribution in [1.82, 2.24) is 4.98 Å². The Morgan fingerprint density at radius 2 is 1.85 bits per heavy atom. The van der Waals surface area contributed by atoms with Crippen LogP contribution in [0.1, 0.15) is 42.2 Å². The first kappa shape index (κ1) is 19.6. The van der Waals surface area contributed by atoms with E-state index in [1.165, 1.54) is 11.3 Å². The SMILES string of the molecule is CCC(C)C(C(=O)Nc1ncc(Cc2ccccc2Cl)s1)c1ccccc1. The predicted molar refractivity (Wildman–Crippen MR) is 114 cm³/mol. The fourth-order valence-corrected chi connectivity index (χ4v) is 4.14. The van der Waals surface area contributed by atoms with Gasteiger partial charge in [-0.1, -0.05) is 80.4 Å². The van der Waals surface area contributed by atoms with E-state index in [1.54, 1.807) is 0 Å². The molecular formula is C22H23ClN2OS. The summed E-state index contributed by atoms with van der Waals surface area (Å²) in [5.74, 6) is 0.0521. The van der Waals surface area contributed by atoms with Gasteiger partial charge in [0.2, 0.25) is 5.91 Å². The summed E-state index contributed by atoms with van der Waals surface area (Å²) < 4.78 is 0. The quantitative estimate of drug-likeness (QED) is 0.518. The lowest BCUT2D eigenvalue weighted by Gasteiger charge is -2.22. The lowest BCUT2D eigenvalue weighted by atomic mass is 9.85. The number of halogens is 1. The number of hydrogen-bond donors (Lipinski definition) is 1. The van der Waals surface area contributed by atoms with E-state index in [2.05, 4.69) is 24.1 Å². The highest BCUT2D eigenvalue weighted by atomic mass is 35.5. The number of carbonyl (C=O) groups is 1. The Balaban J connectivity index is 1.73. The molecule has 0 radical (unpaired) electrons. The molecule has 3 rings (SSSR count). The highest BCUT2D eigenvalue weighted by Gasteiger charge is 2.26. The molecule has 3 nitrogen and oxygen atoms in total. The van der Waals surface area contributed by atoms with Gasteiger partial charge in [0, 0.05) is 22.5 Å². The Kier molecular flexibility index (Phi) is 6.64. The van der Waals surface area contributed by atoms with Crippen molar-refractivity contribution >= 4 is 34.0 Å². The molecular weight excluding hydrogens is 376 g/mol. The van der Waals surface area contributed by atoms with Crippen LogP contribution in [0.2, 0.25) is 5.02 Å². The monoisotopic (exact) mass is 398 g/mol. The van der Waals surface area contributed by atoms with Crippen molar-refractivity contribution in [3.05, 3.63) is 81.8 Å². The smallest absolute Gasteiger partial charge is 0.233 e. The minimum absolute atomic E-state index is 0.00538. The van der Waals surface area contributed by atoms with Gasteiger partial charge in [-0.3, -0.25) is 4.79 Å². The molecule has 1 N–H and O–H groups in total. The van der Waals surface area contributed by atoms with E-state index in [-0.39, 0.29) is 17.7 Å². The molecule has 0 fully saturated rings. The van der Waals surface area contributed by atoms with Crippen LogP contribution >= 0.6 is 22.9 Å². The maximum atomic E-state index is 13.0. The number of nitrogens with zero attached hydrogens (tertiary/aromatic N) is 1. The minimum Gasteiger partial charge on any atom is -0.301 e. The first-order valence-corrected chi connectivity index (χ1v) is 10.3. The van der Waals surface area contributed by atoms with E-state index in [0.717, 1.165) is 27.4 Å². The Morgan fingerprint density at radius 3 is 2.56 bits per heavy atom. The van der Waals surface area contributed by atoms with Gasteiger partial charge in [0.15, 0.2) is 5.13 Å². The molecule has 5 heteroatoms. The van der Waals surface area contributed by atoms with Crippen LogP contribution in [0.3, 0.4) is 0 Å². The second-order valence-electron chi connectivity index (χ2n) is 6.66. The van der Waals surface area contributed by atoms with Crippen LogP contribution in [0.25, 0.3) is 0 Å². The molecule has 0 spiro atoms. The van der Waals surface area contributed by atoms with Crippen molar-refractivity contribution in [3.8, 4) is 0 Å². The topological polar surface area (TPSA) is 42.0 Å². The van der Waals surface area contributed by atoms with Crippen molar-refractivity contribution in [2.24, 2.45) is 5.92 Å². The number of thiazole rings is 1. The number of anilines is 1. The summed E-state index contributed by atoms with van der Waals surface area (Å²) in [6, 6.07) is 17.7. The zero-order valence-electron chi connectivity index (χ0n) is 15.5. The van der Waals surface area contributed by atoms with Crippen molar-refractivity contribution in [2.75, 3.05) is 5.32 Å². The molecule has 3 aromatic rings. The summed E-state index contributed by atoms with van der Waals surface area (Å²) in [4.78, 5) is 18.4. The normalized spacial score (nSPS) is 13.1. The van der Waals surface area contributed by atoms with Gasteiger partial charge in [0.05, 0.1) is 5.92 Å². The third-order valence-corrected chi connectivity index (χ3v) is 6.04. The van der Waals surface area contributed by atoms with Gasteiger partial charge in [0.1, 0.15) is 0 Å². The summed E-state index contributed by atoms with van der Waals surface area (Å²) in [6.45, 7) is 4.22. The second kappa shape index (κ2) is 9.16. The molecule has 0 aliphatic heterocycles. The van der Waals surface area contributed by atoms with E-state index < -0.39 is 0 Å². The second-order valence-corrected chi connectivity index (χ2v) is 8.19. The van der Waals surface area contributed by atoms with E-state index >= 15 is 0 Å². The largest absolute Gasteiger partial charge is 0.301 e. The molecule has 0 saturated heterocycles. The molecule has 2 unspecified atom stereocenters. The Bertz CT molecular complexity index is 894. The highest BCUT2D eigenvalue weighted by Crippen LogP contribution is 2.30. The maximum Gasteiger partial charge on any atom is 0.233 e. The molecule has 0 aliphatic rings. The summed E-state index contributed by atoms with van der Waals surface area (Å²) in [5.41, 5.74) is 2.10. The van der Waals surface area contributed by atoms with Crippen LogP contribution < -0.4 is 5.32 Å². The lowest BCUT2D eigenvalue weighted by Crippen LogP contribution is -2.26. The van der Waals surface area contributed by atoms with Gasteiger partial charge >= 0.3 is 0 Å². The average molecular weight is 399 g/mol. The molecule has 0 aliphatic carbocycles. The number of amides is 1. The van der Waals surface area contributed by atoms with Gasteiger partial charge in [0.25, 0.3) is 0 Å². The molecule has 1 amide bonds. The molecule has 2 aromatic carbocycles. The molecule has 1 aromatic heterocycles. The van der Waals surface area contributed by atoms with E-state index in [0.29, 0.717) is 11.6 Å². The number of rotatable bonds is 7. The lowest BCUT2D eigenvalue weighted by molar-refractivity contribution is -0.118. The summed E-state index contributed by atoms with van der Waals surface area (Å²) in [7, 11) is 0. The Hall–Kier alpha value is -2.17. The minimum atomic E-state index is -0.188. The number of nitrogens with one attached hydrogen (secondary N) is 1. The fourth-order valence-electron chi connectivity index (χ4n) is 3.09. The summed E-state index contributed by atoms with van der Waals surface area (Å²) in [6.07, 6.45) is 3.45. The standard InChI is InChI=1S/C22H23ClN2OS/c1-3-15(2)20(16-9-5-4-6-10-16)21(26)25-22-24-14-18(27-22)13-17-11-7-8-12-19(17)23/h4-12,14-15,20H,3,13H2,1-2H3,(H,24,25,26). The Morgan fingerprint density at radius 1 is 1.15 bits per heavy atom. The molecule has 0 saturated carbocycles. The maximum absolute atomic E-state index is 13.0. The van der Waals surface area contributed by atoms with Crippen molar-refractivity contribution < 1.29 is 4.79 Å². The number of carbonyl (C=O) groups excluding carboxylic acids is 1. The van der Waals surface area contributed by atoms with E-state index in [4.69, 9.17) is 11.6 Å². The van der Waals surface area contributed by atoms with E-state index in [1.807, 2.05) is 60.8 Å². The third-order valence-electron chi connectivity index (χ3n) is 4.76.